The second-order valence-corrected chi connectivity index (χ2v) is 8.84. The highest BCUT2D eigenvalue weighted by molar-refractivity contribution is 8.00. The first kappa shape index (κ1) is 25.8. The van der Waals surface area contributed by atoms with Gasteiger partial charge in [0.05, 0.1) is 16.7 Å². The van der Waals surface area contributed by atoms with E-state index < -0.39 is 53.8 Å². The molecule has 1 heterocycles. The molecule has 0 spiro atoms. The van der Waals surface area contributed by atoms with Crippen LogP contribution in [0.1, 0.15) is 5.56 Å². The molecule has 0 radical (unpaired) electrons. The minimum absolute atomic E-state index is 0.218. The summed E-state index contributed by atoms with van der Waals surface area (Å²) in [7, 11) is 0. The first-order valence-corrected chi connectivity index (χ1v) is 11.0. The number of aliphatic hydroxyl groups is 3. The summed E-state index contributed by atoms with van der Waals surface area (Å²) in [5.41, 5.74) is -1.49. The van der Waals surface area contributed by atoms with E-state index >= 15 is 0 Å². The van der Waals surface area contributed by atoms with Crippen molar-refractivity contribution in [2.45, 2.75) is 34.7 Å². The van der Waals surface area contributed by atoms with Gasteiger partial charge in [-0.25, -0.2) is 13.2 Å². The van der Waals surface area contributed by atoms with Crippen LogP contribution in [0.5, 0.6) is 0 Å². The number of rotatable bonds is 6. The molecule has 3 rings (SSSR count). The van der Waals surface area contributed by atoms with Crippen LogP contribution >= 0.6 is 35.0 Å². The fourth-order valence-electron chi connectivity index (χ4n) is 3.08. The molecule has 0 aliphatic carbocycles. The number of aliphatic hydroxyl groups excluding tert-OH is 3. The van der Waals surface area contributed by atoms with E-state index in [0.29, 0.717) is 17.0 Å². The van der Waals surface area contributed by atoms with Gasteiger partial charge < -0.3 is 25.9 Å². The van der Waals surface area contributed by atoms with E-state index in [2.05, 4.69) is 10.1 Å². The van der Waals surface area contributed by atoms with Crippen molar-refractivity contribution >= 4 is 46.9 Å². The Morgan fingerprint density at radius 1 is 1.15 bits per heavy atom. The number of hydrogen-bond acceptors (Lipinski definition) is 8. The number of nitrogens with zero attached hydrogens (tertiary/aromatic N) is 2. The van der Waals surface area contributed by atoms with Crippen LogP contribution < -0.4 is 5.84 Å². The second kappa shape index (κ2) is 11.0. The lowest BCUT2D eigenvalue weighted by Crippen LogP contribution is -2.56. The average Bonchev–Trinajstić information content (AvgIpc) is 2.79. The van der Waals surface area contributed by atoms with Crippen molar-refractivity contribution in [2.75, 3.05) is 6.61 Å². The van der Waals surface area contributed by atoms with Crippen molar-refractivity contribution < 1.29 is 33.2 Å². The summed E-state index contributed by atoms with van der Waals surface area (Å²) in [5.74, 6) is 0.704. The summed E-state index contributed by atoms with van der Waals surface area (Å²) < 4.78 is 46.0. The number of hydrogen-bond donors (Lipinski definition) is 4. The van der Waals surface area contributed by atoms with E-state index in [1.807, 2.05) is 0 Å². The highest BCUT2D eigenvalue weighted by Crippen LogP contribution is 2.39. The number of thioether (sulfide) groups is 1. The second-order valence-electron chi connectivity index (χ2n) is 6.91. The molecule has 5 atom stereocenters. The van der Waals surface area contributed by atoms with Crippen LogP contribution in [0.4, 0.5) is 13.2 Å². The zero-order valence-electron chi connectivity index (χ0n) is 16.6. The lowest BCUT2D eigenvalue weighted by molar-refractivity contribution is -0.159. The SMILES string of the molecule is NN=C(C=NC1C(O)[C@@H](Sc2cccc(Cl)c2Cl)OC(CO)[C@@H]1O)c1cc(F)c(F)c(F)c1. The Kier molecular flexibility index (Phi) is 8.62. The molecule has 1 fully saturated rings. The van der Waals surface area contributed by atoms with E-state index in [4.69, 9.17) is 33.8 Å². The maximum Gasteiger partial charge on any atom is 0.194 e. The van der Waals surface area contributed by atoms with E-state index in [1.54, 1.807) is 18.2 Å². The number of aliphatic imine (C=N–C) groups is 1. The Hall–Kier alpha value is -1.86. The molecule has 0 bridgehead atoms. The average molecular weight is 524 g/mol. The molecule has 7 nitrogen and oxygen atoms in total. The van der Waals surface area contributed by atoms with Gasteiger partial charge in [-0.1, -0.05) is 41.0 Å². The number of hydrazone groups is 1. The molecular weight excluding hydrogens is 506 g/mol. The summed E-state index contributed by atoms with van der Waals surface area (Å²) in [6, 6.07) is 4.95. The molecule has 5 N–H and O–H groups in total. The molecule has 2 aromatic rings. The molecular formula is C20H18Cl2F3N3O4S. The Morgan fingerprint density at radius 2 is 1.82 bits per heavy atom. The maximum absolute atomic E-state index is 13.6. The molecule has 1 aliphatic heterocycles. The summed E-state index contributed by atoms with van der Waals surface area (Å²) in [6.07, 6.45) is -3.02. The zero-order chi connectivity index (χ0) is 24.3. The number of nitrogens with two attached hydrogens (primary N) is 1. The molecule has 0 saturated carbocycles. The Morgan fingerprint density at radius 3 is 2.42 bits per heavy atom. The summed E-state index contributed by atoms with van der Waals surface area (Å²) >= 11 is 13.2. The third-order valence-corrected chi connectivity index (χ3v) is 6.94. The fourth-order valence-corrected chi connectivity index (χ4v) is 4.69. The predicted octanol–water partition coefficient (Wildman–Crippen LogP) is 2.74. The van der Waals surface area contributed by atoms with E-state index in [0.717, 1.165) is 18.0 Å². The van der Waals surface area contributed by atoms with Crippen LogP contribution in [-0.4, -0.2) is 63.6 Å². The molecule has 13 heteroatoms. The Bertz CT molecular complexity index is 1060. The normalized spacial score (nSPS) is 26.2. The monoisotopic (exact) mass is 523 g/mol. The summed E-state index contributed by atoms with van der Waals surface area (Å²) in [4.78, 5) is 4.54. The van der Waals surface area contributed by atoms with Gasteiger partial charge >= 0.3 is 0 Å². The van der Waals surface area contributed by atoms with Crippen LogP contribution in [0.25, 0.3) is 0 Å². The fraction of sp³-hybridized carbons (Fsp3) is 0.300. The third-order valence-electron chi connectivity index (χ3n) is 4.80. The van der Waals surface area contributed by atoms with Gasteiger partial charge in [0.15, 0.2) is 17.5 Å². The van der Waals surface area contributed by atoms with Gasteiger partial charge in [0, 0.05) is 16.7 Å². The van der Waals surface area contributed by atoms with Gasteiger partial charge in [-0.2, -0.15) is 5.10 Å². The van der Waals surface area contributed by atoms with Gasteiger partial charge in [-0.3, -0.25) is 4.99 Å². The molecule has 0 aromatic heterocycles. The van der Waals surface area contributed by atoms with Gasteiger partial charge in [-0.15, -0.1) is 0 Å². The topological polar surface area (TPSA) is 121 Å². The standard InChI is InChI=1S/C20H18Cl2F3N3O4S/c21-9-2-1-3-14(15(9)22)33-20-19(31)17(18(30)13(7-29)32-20)27-6-12(28-26)8-4-10(23)16(25)11(24)5-8/h1-6,13,17-20,29-31H,7,26H2/t13?,17?,18-,19?,20+/m0/s1. The molecule has 2 aromatic carbocycles. The van der Waals surface area contributed by atoms with Crippen LogP contribution in [0.15, 0.2) is 45.3 Å². The number of ether oxygens (including phenoxy) is 1. The van der Waals surface area contributed by atoms with E-state index in [1.165, 1.54) is 0 Å². The molecule has 1 aliphatic rings. The van der Waals surface area contributed by atoms with E-state index in [9.17, 15) is 28.5 Å². The predicted molar refractivity (Wildman–Crippen MR) is 119 cm³/mol. The minimum atomic E-state index is -1.66. The van der Waals surface area contributed by atoms with Gasteiger partial charge in [-0.05, 0) is 24.3 Å². The Balaban J connectivity index is 1.88. The van der Waals surface area contributed by atoms with Crippen molar-refractivity contribution in [3.8, 4) is 0 Å². The first-order chi connectivity index (χ1) is 15.7. The van der Waals surface area contributed by atoms with Crippen LogP contribution in [0.3, 0.4) is 0 Å². The van der Waals surface area contributed by atoms with Gasteiger partial charge in [0.1, 0.15) is 35.5 Å². The molecule has 178 valence electrons. The van der Waals surface area contributed by atoms with E-state index in [-0.39, 0.29) is 21.3 Å². The highest BCUT2D eigenvalue weighted by Gasteiger charge is 2.44. The van der Waals surface area contributed by atoms with Crippen molar-refractivity contribution in [1.82, 2.24) is 0 Å². The van der Waals surface area contributed by atoms with Crippen molar-refractivity contribution in [2.24, 2.45) is 15.9 Å². The maximum atomic E-state index is 13.6. The largest absolute Gasteiger partial charge is 0.394 e. The highest BCUT2D eigenvalue weighted by atomic mass is 35.5. The zero-order valence-corrected chi connectivity index (χ0v) is 18.9. The summed E-state index contributed by atoms with van der Waals surface area (Å²) in [5, 5.41) is 34.8. The minimum Gasteiger partial charge on any atom is -0.394 e. The molecule has 3 unspecified atom stereocenters. The quantitative estimate of drug-likeness (QED) is 0.200. The molecule has 0 amide bonds. The van der Waals surface area contributed by atoms with Crippen molar-refractivity contribution in [3.05, 3.63) is 63.4 Å². The van der Waals surface area contributed by atoms with Crippen LogP contribution in [0.2, 0.25) is 10.0 Å². The first-order valence-electron chi connectivity index (χ1n) is 9.37. The van der Waals surface area contributed by atoms with Crippen LogP contribution in [0, 0.1) is 17.5 Å². The van der Waals surface area contributed by atoms with Gasteiger partial charge in [0.25, 0.3) is 0 Å². The van der Waals surface area contributed by atoms with Gasteiger partial charge in [0.2, 0.25) is 0 Å². The number of halogens is 5. The van der Waals surface area contributed by atoms with Crippen molar-refractivity contribution in [1.29, 1.82) is 0 Å². The summed E-state index contributed by atoms with van der Waals surface area (Å²) in [6.45, 7) is -0.591. The third kappa shape index (κ3) is 5.62. The smallest absolute Gasteiger partial charge is 0.194 e. The number of benzene rings is 2. The lowest BCUT2D eigenvalue weighted by Gasteiger charge is -2.40. The Labute approximate surface area is 200 Å². The van der Waals surface area contributed by atoms with Crippen LogP contribution in [-0.2, 0) is 4.74 Å². The van der Waals surface area contributed by atoms with Crippen molar-refractivity contribution in [3.63, 3.8) is 0 Å². The molecule has 1 saturated heterocycles. The molecule has 33 heavy (non-hydrogen) atoms. The lowest BCUT2D eigenvalue weighted by atomic mass is 9.98.